The van der Waals surface area contributed by atoms with Gasteiger partial charge in [-0.3, -0.25) is 9.59 Å². The van der Waals surface area contributed by atoms with Gasteiger partial charge in [0.1, 0.15) is 0 Å². The zero-order chi connectivity index (χ0) is 15.8. The van der Waals surface area contributed by atoms with Crippen LogP contribution in [-0.2, 0) is 0 Å². The fraction of sp³-hybridized carbons (Fsp3) is 0. The second-order valence-corrected chi connectivity index (χ2v) is 5.21. The van der Waals surface area contributed by atoms with Crippen LogP contribution in [0.1, 0.15) is 0 Å². The Bertz CT molecular complexity index is 1070. The van der Waals surface area contributed by atoms with Crippen LogP contribution in [0.25, 0.3) is 33.4 Å². The van der Waals surface area contributed by atoms with E-state index >= 15 is 0 Å². The molecule has 0 atom stereocenters. The molecule has 3 aromatic heterocycles. The molecule has 1 aromatic carbocycles. The van der Waals surface area contributed by atoms with Crippen LogP contribution in [0.2, 0.25) is 0 Å². The number of pyridine rings is 1. The average molecular weight is 304 g/mol. The van der Waals surface area contributed by atoms with Gasteiger partial charge < -0.3 is 9.97 Å². The summed E-state index contributed by atoms with van der Waals surface area (Å²) in [7, 11) is 0. The summed E-state index contributed by atoms with van der Waals surface area (Å²) in [6, 6.07) is 14.5. The summed E-state index contributed by atoms with van der Waals surface area (Å²) in [5, 5.41) is 7.58. The van der Waals surface area contributed by atoms with E-state index in [9.17, 15) is 9.59 Å². The van der Waals surface area contributed by atoms with Crippen LogP contribution in [0, 0.1) is 0 Å². The first-order valence-electron chi connectivity index (χ1n) is 7.08. The SMILES string of the molecule is O=c1ccc(-c2cc(-c3cc4ccccc4[nH]3)c(=O)[nH]n2)c[nH]1. The zero-order valence-electron chi connectivity index (χ0n) is 12.0. The van der Waals surface area contributed by atoms with E-state index in [-0.39, 0.29) is 11.1 Å². The first-order chi connectivity index (χ1) is 11.2. The number of H-pyrrole nitrogens is 3. The summed E-state index contributed by atoms with van der Waals surface area (Å²) < 4.78 is 0. The lowest BCUT2D eigenvalue weighted by Crippen LogP contribution is -2.12. The Kier molecular flexibility index (Phi) is 2.94. The molecule has 0 amide bonds. The van der Waals surface area contributed by atoms with Gasteiger partial charge in [0.25, 0.3) is 5.56 Å². The molecule has 4 aromatic rings. The number of benzene rings is 1. The molecule has 0 spiro atoms. The van der Waals surface area contributed by atoms with Crippen molar-refractivity contribution < 1.29 is 0 Å². The van der Waals surface area contributed by atoms with Gasteiger partial charge in [-0.05, 0) is 24.3 Å². The summed E-state index contributed by atoms with van der Waals surface area (Å²) in [6.07, 6.45) is 1.57. The number of hydrogen-bond donors (Lipinski definition) is 3. The van der Waals surface area contributed by atoms with Crippen molar-refractivity contribution in [3.8, 4) is 22.5 Å². The van der Waals surface area contributed by atoms with Crippen molar-refractivity contribution in [1.29, 1.82) is 0 Å². The van der Waals surface area contributed by atoms with Crippen molar-refractivity contribution in [2.75, 3.05) is 0 Å². The minimum atomic E-state index is -0.273. The smallest absolute Gasteiger partial charge is 0.273 e. The Morgan fingerprint density at radius 2 is 1.83 bits per heavy atom. The number of para-hydroxylation sites is 1. The Morgan fingerprint density at radius 3 is 2.61 bits per heavy atom. The third-order valence-corrected chi connectivity index (χ3v) is 3.70. The van der Waals surface area contributed by atoms with Crippen LogP contribution in [0.3, 0.4) is 0 Å². The number of rotatable bonds is 2. The fourth-order valence-electron chi connectivity index (χ4n) is 2.54. The van der Waals surface area contributed by atoms with Crippen LogP contribution in [0.4, 0.5) is 0 Å². The minimum Gasteiger partial charge on any atom is -0.354 e. The van der Waals surface area contributed by atoms with Crippen molar-refractivity contribution >= 4 is 10.9 Å². The molecule has 0 radical (unpaired) electrons. The summed E-state index contributed by atoms with van der Waals surface area (Å²) in [5.74, 6) is 0. The first-order valence-corrected chi connectivity index (χ1v) is 7.08. The largest absolute Gasteiger partial charge is 0.354 e. The quantitative estimate of drug-likeness (QED) is 0.530. The Labute approximate surface area is 129 Å². The molecular formula is C17H12N4O2. The highest BCUT2D eigenvalue weighted by atomic mass is 16.1. The fourth-order valence-corrected chi connectivity index (χ4v) is 2.54. The lowest BCUT2D eigenvalue weighted by atomic mass is 10.1. The third-order valence-electron chi connectivity index (χ3n) is 3.70. The van der Waals surface area contributed by atoms with Gasteiger partial charge in [0.2, 0.25) is 5.56 Å². The summed E-state index contributed by atoms with van der Waals surface area (Å²) >= 11 is 0. The van der Waals surface area contributed by atoms with Crippen molar-refractivity contribution in [2.24, 2.45) is 0 Å². The molecule has 3 N–H and O–H groups in total. The predicted molar refractivity (Wildman–Crippen MR) is 88.2 cm³/mol. The van der Waals surface area contributed by atoms with Gasteiger partial charge in [0.05, 0.1) is 17.0 Å². The van der Waals surface area contributed by atoms with E-state index in [1.165, 1.54) is 6.07 Å². The summed E-state index contributed by atoms with van der Waals surface area (Å²) in [4.78, 5) is 29.1. The first kappa shape index (κ1) is 13.3. The molecule has 0 saturated heterocycles. The van der Waals surface area contributed by atoms with E-state index < -0.39 is 0 Å². The van der Waals surface area contributed by atoms with Crippen molar-refractivity contribution in [3.05, 3.63) is 75.4 Å². The van der Waals surface area contributed by atoms with Crippen LogP contribution in [0.15, 0.2) is 64.3 Å². The maximum Gasteiger partial charge on any atom is 0.273 e. The van der Waals surface area contributed by atoms with E-state index in [1.807, 2.05) is 30.3 Å². The maximum absolute atomic E-state index is 12.1. The molecule has 0 aliphatic heterocycles. The van der Waals surface area contributed by atoms with Crippen LogP contribution >= 0.6 is 0 Å². The molecule has 6 nitrogen and oxygen atoms in total. The highest BCUT2D eigenvalue weighted by molar-refractivity contribution is 5.86. The third kappa shape index (κ3) is 2.36. The van der Waals surface area contributed by atoms with Crippen LogP contribution < -0.4 is 11.1 Å². The predicted octanol–water partition coefficient (Wildman–Crippen LogP) is 2.27. The normalized spacial score (nSPS) is 11.0. The number of aromatic amines is 3. The number of nitrogens with one attached hydrogen (secondary N) is 3. The molecular weight excluding hydrogens is 292 g/mol. The Balaban J connectivity index is 1.88. The molecule has 3 heterocycles. The number of hydrogen-bond acceptors (Lipinski definition) is 3. The van der Waals surface area contributed by atoms with Crippen molar-refractivity contribution in [3.63, 3.8) is 0 Å². The molecule has 0 saturated carbocycles. The molecule has 0 aliphatic carbocycles. The number of aromatic nitrogens is 4. The molecule has 4 rings (SSSR count). The molecule has 0 fully saturated rings. The molecule has 0 bridgehead atoms. The molecule has 23 heavy (non-hydrogen) atoms. The topological polar surface area (TPSA) is 94.4 Å². The van der Waals surface area contributed by atoms with E-state index in [2.05, 4.69) is 20.2 Å². The van der Waals surface area contributed by atoms with Gasteiger partial charge >= 0.3 is 0 Å². The van der Waals surface area contributed by atoms with Crippen LogP contribution in [0.5, 0.6) is 0 Å². The monoisotopic (exact) mass is 304 g/mol. The Hall–Kier alpha value is -3.41. The van der Waals surface area contributed by atoms with E-state index in [0.717, 1.165) is 22.2 Å². The number of nitrogens with zero attached hydrogens (tertiary/aromatic N) is 1. The minimum absolute atomic E-state index is 0.186. The Morgan fingerprint density at radius 1 is 0.957 bits per heavy atom. The van der Waals surface area contributed by atoms with Gasteiger partial charge in [-0.2, -0.15) is 5.10 Å². The van der Waals surface area contributed by atoms with Gasteiger partial charge in [0, 0.05) is 28.7 Å². The maximum atomic E-state index is 12.1. The van der Waals surface area contributed by atoms with E-state index in [4.69, 9.17) is 0 Å². The summed E-state index contributed by atoms with van der Waals surface area (Å²) in [6.45, 7) is 0. The highest BCUT2D eigenvalue weighted by Gasteiger charge is 2.10. The van der Waals surface area contributed by atoms with Gasteiger partial charge in [-0.25, -0.2) is 5.10 Å². The van der Waals surface area contributed by atoms with Crippen LogP contribution in [-0.4, -0.2) is 20.2 Å². The molecule has 112 valence electrons. The number of fused-ring (bicyclic) bond motifs is 1. The van der Waals surface area contributed by atoms with Gasteiger partial charge in [0.15, 0.2) is 0 Å². The molecule has 0 unspecified atom stereocenters. The van der Waals surface area contributed by atoms with E-state index in [0.29, 0.717) is 11.3 Å². The zero-order valence-corrected chi connectivity index (χ0v) is 12.0. The highest BCUT2D eigenvalue weighted by Crippen LogP contribution is 2.23. The van der Waals surface area contributed by atoms with Gasteiger partial charge in [-0.1, -0.05) is 18.2 Å². The van der Waals surface area contributed by atoms with Crippen molar-refractivity contribution in [2.45, 2.75) is 0 Å². The standard InChI is InChI=1S/C17H12N4O2/c22-16-6-5-11(9-18-16)14-8-12(17(23)21-20-14)15-7-10-3-1-2-4-13(10)19-15/h1-9,19H,(H,18,22)(H,21,23). The second-order valence-electron chi connectivity index (χ2n) is 5.21. The average Bonchev–Trinajstić information content (AvgIpc) is 3.00. The lowest BCUT2D eigenvalue weighted by molar-refractivity contribution is 0.994. The molecule has 0 aliphatic rings. The van der Waals surface area contributed by atoms with Gasteiger partial charge in [-0.15, -0.1) is 0 Å². The van der Waals surface area contributed by atoms with E-state index in [1.54, 1.807) is 18.3 Å². The second kappa shape index (κ2) is 5.10. The molecule has 6 heteroatoms. The lowest BCUT2D eigenvalue weighted by Gasteiger charge is -2.02. The van der Waals surface area contributed by atoms with Crippen molar-refractivity contribution in [1.82, 2.24) is 20.2 Å². The summed E-state index contributed by atoms with van der Waals surface area (Å²) in [5.41, 5.74) is 3.02.